The van der Waals surface area contributed by atoms with Crippen molar-refractivity contribution < 1.29 is 8.83 Å². The van der Waals surface area contributed by atoms with Gasteiger partial charge in [0.2, 0.25) is 0 Å². The molecule has 3 aliphatic rings. The number of hydrogen-bond acceptors (Lipinski definition) is 3. The van der Waals surface area contributed by atoms with Gasteiger partial charge in [-0.25, -0.2) is 0 Å². The molecule has 0 N–H and O–H groups in total. The van der Waals surface area contributed by atoms with Gasteiger partial charge in [-0.2, -0.15) is 0 Å². The van der Waals surface area contributed by atoms with E-state index in [0.717, 1.165) is 73.8 Å². The topological polar surface area (TPSA) is 29.5 Å². The lowest BCUT2D eigenvalue weighted by Gasteiger charge is -2.39. The van der Waals surface area contributed by atoms with Crippen molar-refractivity contribution >= 4 is 66.5 Å². The van der Waals surface area contributed by atoms with Crippen LogP contribution in [-0.2, 0) is 5.41 Å². The first-order chi connectivity index (χ1) is 30.1. The van der Waals surface area contributed by atoms with Crippen molar-refractivity contribution in [1.29, 1.82) is 0 Å². The Labute approximate surface area is 354 Å². The molecule has 1 spiro atoms. The van der Waals surface area contributed by atoms with Gasteiger partial charge < -0.3 is 13.7 Å². The van der Waals surface area contributed by atoms with Crippen molar-refractivity contribution in [2.45, 2.75) is 38.0 Å². The Morgan fingerprint density at radius 2 is 1.15 bits per heavy atom. The van der Waals surface area contributed by atoms with Crippen LogP contribution in [-0.4, -0.2) is 0 Å². The fourth-order valence-corrected chi connectivity index (χ4v) is 11.1. The number of hydrogen-bond donors (Lipinski definition) is 0. The van der Waals surface area contributed by atoms with E-state index in [1.807, 2.05) is 0 Å². The number of furan rings is 2. The van der Waals surface area contributed by atoms with Crippen molar-refractivity contribution in [3.8, 4) is 22.3 Å². The second-order valence-corrected chi connectivity index (χ2v) is 17.2. The van der Waals surface area contributed by atoms with E-state index in [1.54, 1.807) is 0 Å². The van der Waals surface area contributed by atoms with Gasteiger partial charge in [0.25, 0.3) is 0 Å². The predicted octanol–water partition coefficient (Wildman–Crippen LogP) is 16.2. The zero-order chi connectivity index (χ0) is 40.4. The maximum Gasteiger partial charge on any atom is 0.159 e. The van der Waals surface area contributed by atoms with Crippen LogP contribution in [0.2, 0.25) is 0 Å². The highest BCUT2D eigenvalue weighted by Gasteiger charge is 2.51. The Kier molecular flexibility index (Phi) is 7.25. The van der Waals surface area contributed by atoms with E-state index in [4.69, 9.17) is 8.83 Å². The van der Waals surface area contributed by atoms with Crippen LogP contribution in [0.5, 0.6) is 0 Å². The molecule has 8 aromatic carbocycles. The average molecular weight is 784 g/mol. The Morgan fingerprint density at radius 1 is 0.492 bits per heavy atom. The molecule has 1 unspecified atom stereocenters. The van der Waals surface area contributed by atoms with E-state index in [9.17, 15) is 0 Å². The van der Waals surface area contributed by atoms with Crippen molar-refractivity contribution in [3.63, 3.8) is 0 Å². The molecule has 0 amide bonds. The van der Waals surface area contributed by atoms with Gasteiger partial charge in [-0.3, -0.25) is 0 Å². The number of benzene rings is 8. The molecule has 0 saturated heterocycles. The first kappa shape index (κ1) is 34.5. The van der Waals surface area contributed by atoms with Gasteiger partial charge >= 0.3 is 0 Å². The third-order valence-corrected chi connectivity index (χ3v) is 13.8. The van der Waals surface area contributed by atoms with Gasteiger partial charge in [0.15, 0.2) is 5.58 Å². The normalized spacial score (nSPS) is 16.3. The molecule has 2 aromatic heterocycles. The van der Waals surface area contributed by atoms with Crippen LogP contribution < -0.4 is 4.90 Å². The fraction of sp³-hybridized carbons (Fsp3) is 0.103. The minimum Gasteiger partial charge on any atom is -0.456 e. The lowest BCUT2D eigenvalue weighted by Crippen LogP contribution is -2.31. The zero-order valence-electron chi connectivity index (χ0n) is 34.1. The third kappa shape index (κ3) is 4.75. The van der Waals surface area contributed by atoms with E-state index in [-0.39, 0.29) is 0 Å². The lowest BCUT2D eigenvalue weighted by molar-refractivity contribution is 0.662. The quantitative estimate of drug-likeness (QED) is 0.178. The summed E-state index contributed by atoms with van der Waals surface area (Å²) in [5, 5.41) is 4.52. The Bertz CT molecular complexity index is 3520. The van der Waals surface area contributed by atoms with E-state index in [0.29, 0.717) is 5.92 Å². The van der Waals surface area contributed by atoms with E-state index in [1.165, 1.54) is 61.2 Å². The first-order valence-electron chi connectivity index (χ1n) is 21.6. The van der Waals surface area contributed by atoms with Gasteiger partial charge in [0.05, 0.1) is 11.1 Å². The molecule has 10 aromatic rings. The van der Waals surface area contributed by atoms with Crippen molar-refractivity contribution in [2.24, 2.45) is 0 Å². The monoisotopic (exact) mass is 783 g/mol. The summed E-state index contributed by atoms with van der Waals surface area (Å²) in [4.78, 5) is 2.42. The number of allylic oxidation sites excluding steroid dienone is 4. The predicted molar refractivity (Wildman–Crippen MR) is 252 cm³/mol. The van der Waals surface area contributed by atoms with Crippen LogP contribution in [0.25, 0.3) is 71.7 Å². The highest BCUT2D eigenvalue weighted by Crippen LogP contribution is 2.64. The molecule has 2 heterocycles. The summed E-state index contributed by atoms with van der Waals surface area (Å²) < 4.78 is 13.6. The summed E-state index contributed by atoms with van der Waals surface area (Å²) in [6.45, 7) is 4.51. The Morgan fingerprint density at radius 3 is 1.97 bits per heavy atom. The van der Waals surface area contributed by atoms with Crippen LogP contribution in [0.4, 0.5) is 17.1 Å². The third-order valence-electron chi connectivity index (χ3n) is 13.8. The summed E-state index contributed by atoms with van der Waals surface area (Å²) in [7, 11) is 0. The molecule has 3 aliphatic carbocycles. The summed E-state index contributed by atoms with van der Waals surface area (Å²) >= 11 is 0. The van der Waals surface area contributed by atoms with Gasteiger partial charge in [-0.1, -0.05) is 141 Å². The molecule has 61 heavy (non-hydrogen) atoms. The highest BCUT2D eigenvalue weighted by atomic mass is 16.3. The second-order valence-electron chi connectivity index (χ2n) is 17.2. The number of rotatable bonds is 4. The SMILES string of the molecule is CC(C)c1ccc(N(c2ccc3c(c2)C2(C4=C(C=CCC4)c4ccccc4-3)c3ccccc3-c3cc4c(cc32)oc2ccccc24)c2cccc3c2oc2ccccc23)cc1. The highest BCUT2D eigenvalue weighted by molar-refractivity contribution is 6.11. The summed E-state index contributed by atoms with van der Waals surface area (Å²) in [5.41, 5.74) is 20.4. The van der Waals surface area contributed by atoms with Crippen LogP contribution in [0, 0.1) is 0 Å². The second kappa shape index (κ2) is 12.8. The number of para-hydroxylation sites is 3. The number of fused-ring (bicyclic) bond motifs is 17. The summed E-state index contributed by atoms with van der Waals surface area (Å²) in [6.07, 6.45) is 6.68. The molecular formula is C58H41NO2. The maximum absolute atomic E-state index is 6.80. The summed E-state index contributed by atoms with van der Waals surface area (Å²) in [5.74, 6) is 0.418. The minimum atomic E-state index is -0.609. The van der Waals surface area contributed by atoms with Crippen LogP contribution in [0.1, 0.15) is 60.4 Å². The molecule has 1 atom stereocenters. The smallest absolute Gasteiger partial charge is 0.159 e. The molecule has 0 aliphatic heterocycles. The molecule has 3 nitrogen and oxygen atoms in total. The van der Waals surface area contributed by atoms with Crippen LogP contribution >= 0.6 is 0 Å². The number of anilines is 3. The Balaban J connectivity index is 1.16. The fourth-order valence-electron chi connectivity index (χ4n) is 11.1. The van der Waals surface area contributed by atoms with Gasteiger partial charge in [0.1, 0.15) is 16.7 Å². The minimum absolute atomic E-state index is 0.418. The standard InChI is InChI=1S/C58H41NO2/c1-35(2)36-26-28-37(29-27-36)59(53-23-13-20-46-44-18-7-12-25-55(44)61-57(46)53)38-30-31-43-40-15-4-3-14-39(40)41-16-5-9-21-49(41)58(51(43)32-38)50-22-10-6-17-42(50)47-33-48-45-19-8-11-24-54(45)60-56(48)34-52(47)58/h3-8,10-20,22-35H,9,21H2,1-2H3. The van der Waals surface area contributed by atoms with Gasteiger partial charge in [0, 0.05) is 32.9 Å². The molecule has 3 heteroatoms. The van der Waals surface area contributed by atoms with E-state index < -0.39 is 5.41 Å². The molecule has 0 bridgehead atoms. The molecule has 13 rings (SSSR count). The van der Waals surface area contributed by atoms with Gasteiger partial charge in [-0.05, 0) is 135 Å². The number of nitrogens with zero attached hydrogens (tertiary/aromatic N) is 1. The van der Waals surface area contributed by atoms with Crippen LogP contribution in [0.15, 0.2) is 196 Å². The van der Waals surface area contributed by atoms with E-state index in [2.05, 4.69) is 201 Å². The largest absolute Gasteiger partial charge is 0.456 e. The first-order valence-corrected chi connectivity index (χ1v) is 21.6. The molecule has 290 valence electrons. The van der Waals surface area contributed by atoms with Crippen LogP contribution in [0.3, 0.4) is 0 Å². The van der Waals surface area contributed by atoms with Gasteiger partial charge in [-0.15, -0.1) is 0 Å². The molecule has 0 saturated carbocycles. The maximum atomic E-state index is 6.80. The van der Waals surface area contributed by atoms with E-state index >= 15 is 0 Å². The molecular weight excluding hydrogens is 743 g/mol. The Hall–Kier alpha value is -7.36. The average Bonchev–Trinajstić information content (AvgIpc) is 3.95. The zero-order valence-corrected chi connectivity index (χ0v) is 34.1. The lowest BCUT2D eigenvalue weighted by atomic mass is 9.63. The molecule has 0 fully saturated rings. The molecule has 0 radical (unpaired) electrons. The summed E-state index contributed by atoms with van der Waals surface area (Å²) in [6, 6.07) is 62.7. The van der Waals surface area contributed by atoms with Crippen molar-refractivity contribution in [1.82, 2.24) is 0 Å². The van der Waals surface area contributed by atoms with Crippen molar-refractivity contribution in [2.75, 3.05) is 4.90 Å². The van der Waals surface area contributed by atoms with Crippen molar-refractivity contribution in [3.05, 3.63) is 215 Å².